The molecule has 0 fully saturated rings. The molecule has 0 saturated carbocycles. The van der Waals surface area contributed by atoms with Crippen LogP contribution < -0.4 is 0 Å². The van der Waals surface area contributed by atoms with Gasteiger partial charge in [-0.2, -0.15) is 19.9 Å². The Morgan fingerprint density at radius 1 is 0.203 bits per heavy atom. The molecule has 0 saturated heterocycles. The summed E-state index contributed by atoms with van der Waals surface area (Å²) in [5.41, 5.74) is 14.0. The molecular formula is C66H42N8. The number of para-hydroxylation sites is 2. The Bertz CT molecular complexity index is 4130. The molecule has 0 radical (unpaired) electrons. The number of aromatic nitrogens is 8. The summed E-state index contributed by atoms with van der Waals surface area (Å²) < 4.78 is 4.40. The molecule has 0 aliphatic carbocycles. The highest BCUT2D eigenvalue weighted by Gasteiger charge is 2.25. The van der Waals surface area contributed by atoms with Gasteiger partial charge in [0, 0.05) is 43.8 Å². The summed E-state index contributed by atoms with van der Waals surface area (Å²) in [5.74, 6) is 3.43. The van der Waals surface area contributed by atoms with Crippen LogP contribution in [0.25, 0.3) is 134 Å². The number of hydrogen-bond acceptors (Lipinski definition) is 6. The molecule has 0 unspecified atom stereocenters. The highest BCUT2D eigenvalue weighted by molar-refractivity contribution is 6.22. The van der Waals surface area contributed by atoms with E-state index in [0.29, 0.717) is 35.2 Å². The van der Waals surface area contributed by atoms with Crippen LogP contribution in [0.3, 0.4) is 0 Å². The second-order valence-electron chi connectivity index (χ2n) is 18.2. The molecule has 8 heteroatoms. The topological polar surface area (TPSA) is 87.2 Å². The molecule has 74 heavy (non-hydrogen) atoms. The molecule has 10 aromatic carbocycles. The van der Waals surface area contributed by atoms with E-state index in [1.54, 1.807) is 0 Å². The lowest BCUT2D eigenvalue weighted by molar-refractivity contribution is 0.953. The quantitative estimate of drug-likeness (QED) is 0.143. The Morgan fingerprint density at radius 3 is 0.905 bits per heavy atom. The predicted octanol–water partition coefficient (Wildman–Crippen LogP) is 15.9. The normalized spacial score (nSPS) is 11.5. The smallest absolute Gasteiger partial charge is 0.238 e. The van der Waals surface area contributed by atoms with Crippen molar-refractivity contribution in [2.45, 2.75) is 0 Å². The zero-order chi connectivity index (χ0) is 49.0. The number of nitrogens with zero attached hydrogens (tertiary/aromatic N) is 8. The van der Waals surface area contributed by atoms with Gasteiger partial charge in [-0.05, 0) is 57.6 Å². The molecule has 4 aromatic heterocycles. The summed E-state index contributed by atoms with van der Waals surface area (Å²) in [6.45, 7) is 0. The number of hydrogen-bond donors (Lipinski definition) is 0. The average Bonchev–Trinajstić information content (AvgIpc) is 4.05. The van der Waals surface area contributed by atoms with Crippen LogP contribution in [0.1, 0.15) is 0 Å². The fourth-order valence-electron chi connectivity index (χ4n) is 10.6. The Hall–Kier alpha value is -10.2. The fourth-order valence-corrected chi connectivity index (χ4v) is 10.6. The molecule has 14 aromatic rings. The maximum Gasteiger partial charge on any atom is 0.238 e. The first-order valence-corrected chi connectivity index (χ1v) is 24.7. The van der Waals surface area contributed by atoms with E-state index in [1.807, 2.05) is 60.7 Å². The van der Waals surface area contributed by atoms with Gasteiger partial charge in [-0.1, -0.05) is 231 Å². The van der Waals surface area contributed by atoms with Gasteiger partial charge in [0.15, 0.2) is 23.3 Å². The van der Waals surface area contributed by atoms with E-state index in [4.69, 9.17) is 29.9 Å². The summed E-state index contributed by atoms with van der Waals surface area (Å²) in [6.07, 6.45) is 0. The lowest BCUT2D eigenvalue weighted by Gasteiger charge is -2.14. The maximum atomic E-state index is 5.39. The summed E-state index contributed by atoms with van der Waals surface area (Å²) in [5, 5.41) is 4.34. The van der Waals surface area contributed by atoms with Crippen LogP contribution in [-0.2, 0) is 0 Å². The third-order valence-corrected chi connectivity index (χ3v) is 13.9. The molecular weight excluding hydrogens is 905 g/mol. The second-order valence-corrected chi connectivity index (χ2v) is 18.2. The van der Waals surface area contributed by atoms with Crippen molar-refractivity contribution in [3.63, 3.8) is 0 Å². The van der Waals surface area contributed by atoms with Gasteiger partial charge in [0.2, 0.25) is 11.9 Å². The first kappa shape index (κ1) is 42.7. The first-order valence-electron chi connectivity index (χ1n) is 24.7. The van der Waals surface area contributed by atoms with E-state index in [9.17, 15) is 0 Å². The molecule has 0 aliphatic rings. The van der Waals surface area contributed by atoms with Gasteiger partial charge in [-0.15, -0.1) is 0 Å². The molecule has 0 bridgehead atoms. The van der Waals surface area contributed by atoms with E-state index in [2.05, 4.69) is 203 Å². The van der Waals surface area contributed by atoms with Gasteiger partial charge in [0.05, 0.1) is 22.1 Å². The molecule has 4 heterocycles. The summed E-state index contributed by atoms with van der Waals surface area (Å²) in [7, 11) is 0. The van der Waals surface area contributed by atoms with Gasteiger partial charge in [-0.25, -0.2) is 9.97 Å². The Labute approximate surface area is 426 Å². The minimum atomic E-state index is 0.531. The highest BCUT2D eigenvalue weighted by atomic mass is 15.2. The zero-order valence-electron chi connectivity index (χ0n) is 39.8. The molecule has 14 rings (SSSR count). The van der Waals surface area contributed by atoms with Gasteiger partial charge in [0.25, 0.3) is 0 Å². The summed E-state index contributed by atoms with van der Waals surface area (Å²) in [4.78, 5) is 31.8. The summed E-state index contributed by atoms with van der Waals surface area (Å²) in [6, 6.07) is 88.1. The summed E-state index contributed by atoms with van der Waals surface area (Å²) >= 11 is 0. The van der Waals surface area contributed by atoms with Crippen molar-refractivity contribution in [2.24, 2.45) is 0 Å². The molecule has 0 spiro atoms. The molecule has 346 valence electrons. The standard InChI is InChI=1S/C66H42N8/c1-5-23-43(24-6-1)47-31-13-15-33-51(47)63-67-61(45-27-9-3-10-28-45)69-65(71-63)73-55-39-19-17-35-53(55)59-49(37-21-41-57(59)73)50-38-22-42-58-60(50)54-36-18-20-40-56(54)74(58)66-70-62(46-29-11-4-12-30-46)68-64(72-66)52-34-16-14-32-48(52)44-25-7-2-8-26-44/h1-42H. The van der Waals surface area contributed by atoms with Gasteiger partial charge in [-0.3, -0.25) is 9.13 Å². The molecule has 0 amide bonds. The number of fused-ring (bicyclic) bond motifs is 6. The van der Waals surface area contributed by atoms with Crippen LogP contribution in [-0.4, -0.2) is 39.0 Å². The minimum Gasteiger partial charge on any atom is -0.278 e. The number of rotatable bonds is 9. The van der Waals surface area contributed by atoms with Crippen LogP contribution in [0.15, 0.2) is 255 Å². The predicted molar refractivity (Wildman–Crippen MR) is 300 cm³/mol. The van der Waals surface area contributed by atoms with Crippen molar-refractivity contribution in [2.75, 3.05) is 0 Å². The van der Waals surface area contributed by atoms with Crippen LogP contribution >= 0.6 is 0 Å². The van der Waals surface area contributed by atoms with E-state index >= 15 is 0 Å². The van der Waals surface area contributed by atoms with E-state index in [0.717, 1.165) is 99.2 Å². The first-order chi connectivity index (χ1) is 36.7. The van der Waals surface area contributed by atoms with E-state index < -0.39 is 0 Å². The lowest BCUT2D eigenvalue weighted by atomic mass is 9.95. The Morgan fingerprint density at radius 2 is 0.500 bits per heavy atom. The molecule has 8 nitrogen and oxygen atoms in total. The third kappa shape index (κ3) is 7.23. The van der Waals surface area contributed by atoms with Crippen LogP contribution in [0.4, 0.5) is 0 Å². The van der Waals surface area contributed by atoms with Gasteiger partial charge in [0.1, 0.15) is 0 Å². The minimum absolute atomic E-state index is 0.531. The second kappa shape index (κ2) is 17.9. The van der Waals surface area contributed by atoms with Crippen LogP contribution in [0, 0.1) is 0 Å². The molecule has 0 N–H and O–H groups in total. The van der Waals surface area contributed by atoms with Crippen molar-refractivity contribution in [1.82, 2.24) is 39.0 Å². The van der Waals surface area contributed by atoms with Gasteiger partial charge < -0.3 is 0 Å². The van der Waals surface area contributed by atoms with Crippen molar-refractivity contribution in [3.8, 4) is 90.8 Å². The maximum absolute atomic E-state index is 5.39. The molecule has 0 atom stereocenters. The van der Waals surface area contributed by atoms with Crippen molar-refractivity contribution >= 4 is 43.6 Å². The number of benzene rings is 10. The lowest BCUT2D eigenvalue weighted by Crippen LogP contribution is -2.07. The largest absolute Gasteiger partial charge is 0.278 e. The van der Waals surface area contributed by atoms with Crippen molar-refractivity contribution < 1.29 is 0 Å². The van der Waals surface area contributed by atoms with Gasteiger partial charge >= 0.3 is 0 Å². The zero-order valence-corrected chi connectivity index (χ0v) is 39.8. The van der Waals surface area contributed by atoms with Crippen molar-refractivity contribution in [3.05, 3.63) is 255 Å². The average molecular weight is 947 g/mol. The Kier molecular flexibility index (Phi) is 10.3. The fraction of sp³-hybridized carbons (Fsp3) is 0. The monoisotopic (exact) mass is 946 g/mol. The SMILES string of the molecule is c1ccc(-c2nc(-c3ccccc3-c3ccccc3)nc(-n3c4ccccc4c4c(-c5cccc6c5c5ccccc5n6-c5nc(-c6ccccc6)nc(-c6ccccc6-c6ccccc6)n5)cccc43)n2)cc1. The van der Waals surface area contributed by atoms with Crippen LogP contribution in [0.5, 0.6) is 0 Å². The third-order valence-electron chi connectivity index (χ3n) is 13.9. The van der Waals surface area contributed by atoms with E-state index in [1.165, 1.54) is 0 Å². The molecule has 0 aliphatic heterocycles. The highest BCUT2D eigenvalue weighted by Crippen LogP contribution is 2.44. The van der Waals surface area contributed by atoms with Crippen LogP contribution in [0.2, 0.25) is 0 Å². The van der Waals surface area contributed by atoms with Crippen molar-refractivity contribution in [1.29, 1.82) is 0 Å². The Balaban J connectivity index is 1.00. The van der Waals surface area contributed by atoms with E-state index in [-0.39, 0.29) is 0 Å².